The summed E-state index contributed by atoms with van der Waals surface area (Å²) in [4.78, 5) is 99.2. The maximum atomic E-state index is 12.4. The molecule has 4 unspecified atom stereocenters. The molecule has 338 valence electrons. The number of carbonyl (C=O) groups excluding carboxylic acids is 6. The van der Waals surface area contributed by atoms with Crippen LogP contribution in [0.3, 0.4) is 0 Å². The first kappa shape index (κ1) is 52.8. The Morgan fingerprint density at radius 2 is 1.30 bits per heavy atom. The van der Waals surface area contributed by atoms with Crippen LogP contribution in [0.25, 0.3) is 0 Å². The van der Waals surface area contributed by atoms with E-state index in [0.717, 1.165) is 5.69 Å². The number of aliphatic carboxylic acids is 2. The summed E-state index contributed by atoms with van der Waals surface area (Å²) in [6, 6.07) is 3.28. The molecular formula is C37H62N10O12S. The second-order valence-corrected chi connectivity index (χ2v) is 15.1. The molecule has 0 fully saturated rings. The van der Waals surface area contributed by atoms with Gasteiger partial charge in [-0.1, -0.05) is 0 Å². The number of hydrogen-bond acceptors (Lipinski definition) is 14. The quantitative estimate of drug-likeness (QED) is 0.0155. The van der Waals surface area contributed by atoms with E-state index in [9.17, 15) is 48.6 Å². The number of hydrazine groups is 1. The maximum absolute atomic E-state index is 12.4. The van der Waals surface area contributed by atoms with Crippen LogP contribution in [0.2, 0.25) is 0 Å². The molecule has 0 aliphatic carbocycles. The molecule has 0 spiro atoms. The zero-order valence-corrected chi connectivity index (χ0v) is 34.8. The highest BCUT2D eigenvalue weighted by atomic mass is 32.2. The zero-order chi connectivity index (χ0) is 44.7. The summed E-state index contributed by atoms with van der Waals surface area (Å²) in [5.74, 6) is -0.0123. The minimum Gasteiger partial charge on any atom is -0.480 e. The molecule has 0 aliphatic heterocycles. The van der Waals surface area contributed by atoms with Crippen molar-refractivity contribution in [1.29, 1.82) is 0 Å². The molecule has 0 saturated carbocycles. The van der Waals surface area contributed by atoms with Crippen LogP contribution in [0.1, 0.15) is 75.1 Å². The number of carbonyl (C=O) groups is 8. The van der Waals surface area contributed by atoms with Crippen molar-refractivity contribution in [3.05, 3.63) is 29.8 Å². The Hall–Kier alpha value is -5.20. The van der Waals surface area contributed by atoms with E-state index in [1.165, 1.54) is 0 Å². The van der Waals surface area contributed by atoms with Gasteiger partial charge in [0.25, 0.3) is 5.91 Å². The summed E-state index contributed by atoms with van der Waals surface area (Å²) < 4.78 is 10.6. The van der Waals surface area contributed by atoms with Crippen molar-refractivity contribution in [1.82, 2.24) is 31.4 Å². The minimum absolute atomic E-state index is 0.0284. The van der Waals surface area contributed by atoms with Crippen LogP contribution in [0.4, 0.5) is 5.69 Å². The van der Waals surface area contributed by atoms with Crippen LogP contribution in [-0.2, 0) is 43.0 Å². The van der Waals surface area contributed by atoms with Crippen LogP contribution < -0.4 is 54.0 Å². The lowest BCUT2D eigenvalue weighted by Gasteiger charge is -2.17. The van der Waals surface area contributed by atoms with Gasteiger partial charge < -0.3 is 63.1 Å². The fraction of sp³-hybridized carbons (Fsp3) is 0.595. The van der Waals surface area contributed by atoms with Crippen LogP contribution in [0.15, 0.2) is 24.3 Å². The van der Waals surface area contributed by atoms with Gasteiger partial charge in [0.2, 0.25) is 29.5 Å². The van der Waals surface area contributed by atoms with Crippen molar-refractivity contribution < 1.29 is 58.0 Å². The number of unbranched alkanes of at least 4 members (excludes halogenated alkanes) is 1. The number of anilines is 1. The predicted octanol–water partition coefficient (Wildman–Crippen LogP) is -1.97. The standard InChI is InChI=1S/C37H62N10O12S/c1-2-60(47-40)23-5-7-31(49)45-29(37(56)57)13-15-32(50)46-28(36(54)55)12-14-30(48)42-19-20-58-21-22-59-24-33(51)44-27(34(39)52)6-3-4-17-43-35(53)25-8-10-26(11-9-25)41-18-16-38/h2,8-11,27-29,41,47H,3-7,12-24,38,40H2,1H3,(H2,39,52)(H,42,48)(H,43,53)(H,44,51)(H,45,49)(H,46,50)(H,54,55)(H,56,57). The molecule has 1 rings (SSSR count). The van der Waals surface area contributed by atoms with E-state index in [-0.39, 0.29) is 88.1 Å². The van der Waals surface area contributed by atoms with Gasteiger partial charge in [-0.25, -0.2) is 14.4 Å². The first-order valence-corrected chi connectivity index (χ1v) is 21.0. The third-order valence-electron chi connectivity index (χ3n) is 8.47. The SMILES string of the molecule is C/C=S(\CCCC(=O)NC(CCC(=O)NC(CCC(=O)NCCOCCOCC(=O)NC(CCCCNC(=O)c1ccc(NCCN)cc1)C(N)=O)C(=O)O)C(=O)O)NN. The lowest BCUT2D eigenvalue weighted by atomic mass is 10.1. The highest BCUT2D eigenvalue weighted by molar-refractivity contribution is 8.13. The fourth-order valence-electron chi connectivity index (χ4n) is 5.22. The Labute approximate surface area is 351 Å². The monoisotopic (exact) mass is 870 g/mol. The van der Waals surface area contributed by atoms with Crippen LogP contribution in [-0.4, -0.2) is 139 Å². The van der Waals surface area contributed by atoms with Gasteiger partial charge >= 0.3 is 11.9 Å². The average Bonchev–Trinajstić information content (AvgIpc) is 3.21. The number of hydrogen-bond donors (Lipinski definition) is 12. The third kappa shape index (κ3) is 24.7. The third-order valence-corrected chi connectivity index (χ3v) is 10.1. The number of amides is 6. The smallest absolute Gasteiger partial charge is 0.326 e. The van der Waals surface area contributed by atoms with E-state index in [4.69, 9.17) is 26.8 Å². The number of benzene rings is 1. The summed E-state index contributed by atoms with van der Waals surface area (Å²) in [7, 11) is -0.371. The van der Waals surface area contributed by atoms with E-state index < -0.39 is 59.6 Å². The molecule has 0 saturated heterocycles. The number of carboxylic acids is 2. The van der Waals surface area contributed by atoms with Crippen LogP contribution in [0.5, 0.6) is 0 Å². The van der Waals surface area contributed by atoms with Gasteiger partial charge in [-0.15, -0.1) is 10.7 Å². The van der Waals surface area contributed by atoms with E-state index in [0.29, 0.717) is 50.2 Å². The zero-order valence-electron chi connectivity index (χ0n) is 34.0. The van der Waals surface area contributed by atoms with E-state index >= 15 is 0 Å². The molecule has 1 aromatic carbocycles. The number of nitrogens with two attached hydrogens (primary N) is 3. The molecule has 0 heterocycles. The maximum Gasteiger partial charge on any atom is 0.326 e. The van der Waals surface area contributed by atoms with Gasteiger partial charge in [-0.2, -0.15) is 0 Å². The Morgan fingerprint density at radius 1 is 0.700 bits per heavy atom. The molecule has 4 atom stereocenters. The number of primary amides is 1. The molecular weight excluding hydrogens is 809 g/mol. The van der Waals surface area contributed by atoms with Gasteiger partial charge in [-0.05, 0) is 75.1 Å². The predicted molar refractivity (Wildman–Crippen MR) is 224 cm³/mol. The minimum atomic E-state index is -1.41. The van der Waals surface area contributed by atoms with Crippen molar-refractivity contribution in [2.75, 3.05) is 63.7 Å². The average molecular weight is 871 g/mol. The Kier molecular flexibility index (Phi) is 27.9. The van der Waals surface area contributed by atoms with Gasteiger partial charge in [0.15, 0.2) is 0 Å². The highest BCUT2D eigenvalue weighted by Gasteiger charge is 2.24. The van der Waals surface area contributed by atoms with Gasteiger partial charge in [0.1, 0.15) is 24.7 Å². The number of nitrogens with one attached hydrogen (secondary N) is 7. The molecule has 0 radical (unpaired) electrons. The molecule has 15 N–H and O–H groups in total. The molecule has 6 amide bonds. The van der Waals surface area contributed by atoms with E-state index in [1.807, 2.05) is 12.3 Å². The van der Waals surface area contributed by atoms with Gasteiger partial charge in [-0.3, -0.25) is 34.6 Å². The molecule has 60 heavy (non-hydrogen) atoms. The summed E-state index contributed by atoms with van der Waals surface area (Å²) in [5.41, 5.74) is 12.3. The first-order valence-electron chi connectivity index (χ1n) is 19.5. The van der Waals surface area contributed by atoms with Crippen molar-refractivity contribution in [2.45, 2.75) is 82.8 Å². The fourth-order valence-corrected chi connectivity index (χ4v) is 6.17. The summed E-state index contributed by atoms with van der Waals surface area (Å²) >= 11 is 0. The Balaban J connectivity index is 2.23. The summed E-state index contributed by atoms with van der Waals surface area (Å²) in [6.45, 7) is 3.20. The van der Waals surface area contributed by atoms with Crippen LogP contribution >= 0.6 is 10.7 Å². The van der Waals surface area contributed by atoms with Gasteiger partial charge in [0, 0.05) is 62.4 Å². The molecule has 23 heteroatoms. The number of ether oxygens (including phenoxy) is 2. The second-order valence-electron chi connectivity index (χ2n) is 13.2. The lowest BCUT2D eigenvalue weighted by molar-refractivity contribution is -0.143. The molecule has 0 aromatic heterocycles. The van der Waals surface area contributed by atoms with E-state index in [1.54, 1.807) is 24.3 Å². The summed E-state index contributed by atoms with van der Waals surface area (Å²) in [5, 5.41) is 36.5. The van der Waals surface area contributed by atoms with Crippen molar-refractivity contribution >= 4 is 69.1 Å². The Bertz CT molecular complexity index is 1570. The molecule has 1 aromatic rings. The molecule has 22 nitrogen and oxygen atoms in total. The Morgan fingerprint density at radius 3 is 1.88 bits per heavy atom. The molecule has 0 aliphatic rings. The number of rotatable bonds is 34. The molecule has 0 bridgehead atoms. The second kappa shape index (κ2) is 31.7. The van der Waals surface area contributed by atoms with Crippen LogP contribution in [0, 0.1) is 0 Å². The van der Waals surface area contributed by atoms with Crippen molar-refractivity contribution in [3.8, 4) is 0 Å². The topological polar surface area (TPSA) is 358 Å². The van der Waals surface area contributed by atoms with Crippen molar-refractivity contribution in [2.24, 2.45) is 17.3 Å². The van der Waals surface area contributed by atoms with E-state index in [2.05, 4.69) is 36.7 Å². The van der Waals surface area contributed by atoms with Gasteiger partial charge in [0.05, 0.1) is 19.8 Å². The lowest BCUT2D eigenvalue weighted by Crippen LogP contribution is -2.45. The summed E-state index contributed by atoms with van der Waals surface area (Å²) in [6.07, 6.45) is 0.698. The largest absolute Gasteiger partial charge is 0.480 e. The number of carboxylic acid groups (broad SMARTS) is 2. The van der Waals surface area contributed by atoms with Crippen molar-refractivity contribution in [3.63, 3.8) is 0 Å². The highest BCUT2D eigenvalue weighted by Crippen LogP contribution is 2.10. The normalized spacial score (nSPS) is 12.9. The first-order chi connectivity index (χ1) is 28.7.